The Morgan fingerprint density at radius 1 is 0.737 bits per heavy atom. The average Bonchev–Trinajstić information content (AvgIpc) is 2.33. The highest BCUT2D eigenvalue weighted by atomic mass is 16.7. The van der Waals surface area contributed by atoms with E-state index in [4.69, 9.17) is 18.9 Å². The van der Waals surface area contributed by atoms with Gasteiger partial charge in [-0.1, -0.05) is 27.7 Å². The zero-order chi connectivity index (χ0) is 14.7. The van der Waals surface area contributed by atoms with Gasteiger partial charge in [0.15, 0.2) is 0 Å². The molecule has 0 rings (SSSR count). The molecule has 6 nitrogen and oxygen atoms in total. The molecule has 0 aromatic rings. The van der Waals surface area contributed by atoms with Gasteiger partial charge in [-0.2, -0.15) is 0 Å². The van der Waals surface area contributed by atoms with Crippen molar-refractivity contribution in [2.24, 2.45) is 11.8 Å². The standard InChI is InChI=1S/C13H24O6/c1-10(2)8-18-12(14)16-6-5-7-17-13(15)19-9-11(3)4/h10-11H,5-9H2,1-4H3. The number of ether oxygens (including phenoxy) is 4. The molecule has 0 aliphatic heterocycles. The van der Waals surface area contributed by atoms with E-state index in [0.29, 0.717) is 19.6 Å². The predicted octanol–water partition coefficient (Wildman–Crippen LogP) is 2.99. The minimum atomic E-state index is -0.698. The van der Waals surface area contributed by atoms with Gasteiger partial charge in [0.2, 0.25) is 0 Å². The molecule has 19 heavy (non-hydrogen) atoms. The molecule has 0 unspecified atom stereocenters. The van der Waals surface area contributed by atoms with Gasteiger partial charge in [0.05, 0.1) is 26.4 Å². The van der Waals surface area contributed by atoms with Crippen LogP contribution in [0.4, 0.5) is 9.59 Å². The second kappa shape index (κ2) is 10.5. The third-order valence-corrected chi connectivity index (χ3v) is 1.80. The Hall–Kier alpha value is -1.46. The quantitative estimate of drug-likeness (QED) is 0.501. The van der Waals surface area contributed by atoms with Crippen LogP contribution in [0.2, 0.25) is 0 Å². The molecule has 0 aliphatic carbocycles. The number of hydrogen-bond acceptors (Lipinski definition) is 6. The number of carbonyl (C=O) groups excluding carboxylic acids is 2. The van der Waals surface area contributed by atoms with Crippen LogP contribution in [0.5, 0.6) is 0 Å². The molecule has 0 radical (unpaired) electrons. The van der Waals surface area contributed by atoms with Crippen LogP contribution in [-0.4, -0.2) is 38.7 Å². The normalized spacial score (nSPS) is 10.4. The van der Waals surface area contributed by atoms with E-state index in [1.54, 1.807) is 0 Å². The van der Waals surface area contributed by atoms with E-state index in [-0.39, 0.29) is 25.0 Å². The molecule has 0 saturated carbocycles. The van der Waals surface area contributed by atoms with Crippen LogP contribution >= 0.6 is 0 Å². The Morgan fingerprint density at radius 2 is 1.11 bits per heavy atom. The minimum Gasteiger partial charge on any atom is -0.434 e. The van der Waals surface area contributed by atoms with E-state index in [9.17, 15) is 9.59 Å². The highest BCUT2D eigenvalue weighted by Gasteiger charge is 2.07. The van der Waals surface area contributed by atoms with Crippen LogP contribution in [0.25, 0.3) is 0 Å². The third kappa shape index (κ3) is 12.8. The van der Waals surface area contributed by atoms with Crippen LogP contribution in [0.1, 0.15) is 34.1 Å². The Bertz CT molecular complexity index is 236. The summed E-state index contributed by atoms with van der Waals surface area (Å²) in [6.45, 7) is 8.69. The van der Waals surface area contributed by atoms with Crippen molar-refractivity contribution in [2.75, 3.05) is 26.4 Å². The van der Waals surface area contributed by atoms with E-state index >= 15 is 0 Å². The summed E-state index contributed by atoms with van der Waals surface area (Å²) < 4.78 is 19.2. The van der Waals surface area contributed by atoms with Crippen molar-refractivity contribution < 1.29 is 28.5 Å². The highest BCUT2D eigenvalue weighted by molar-refractivity contribution is 5.60. The van der Waals surface area contributed by atoms with Crippen LogP contribution in [-0.2, 0) is 18.9 Å². The summed E-state index contributed by atoms with van der Waals surface area (Å²) in [7, 11) is 0. The van der Waals surface area contributed by atoms with Gasteiger partial charge in [0, 0.05) is 6.42 Å². The largest absolute Gasteiger partial charge is 0.508 e. The van der Waals surface area contributed by atoms with Crippen molar-refractivity contribution in [1.29, 1.82) is 0 Å². The summed E-state index contributed by atoms with van der Waals surface area (Å²) in [4.78, 5) is 22.1. The van der Waals surface area contributed by atoms with Crippen LogP contribution in [0.15, 0.2) is 0 Å². The molecular formula is C13H24O6. The molecule has 112 valence electrons. The molecule has 0 atom stereocenters. The third-order valence-electron chi connectivity index (χ3n) is 1.80. The predicted molar refractivity (Wildman–Crippen MR) is 68.9 cm³/mol. The van der Waals surface area contributed by atoms with Crippen molar-refractivity contribution in [3.63, 3.8) is 0 Å². The van der Waals surface area contributed by atoms with E-state index in [2.05, 4.69) is 0 Å². The number of hydrogen-bond donors (Lipinski definition) is 0. The van der Waals surface area contributed by atoms with Gasteiger partial charge >= 0.3 is 12.3 Å². The second-order valence-corrected chi connectivity index (χ2v) is 4.96. The maximum atomic E-state index is 11.0. The molecule has 0 aromatic heterocycles. The zero-order valence-electron chi connectivity index (χ0n) is 12.1. The SMILES string of the molecule is CC(C)COC(=O)OCCCOC(=O)OCC(C)C. The van der Waals surface area contributed by atoms with Gasteiger partial charge in [-0.05, 0) is 11.8 Å². The van der Waals surface area contributed by atoms with E-state index in [1.165, 1.54) is 0 Å². The lowest BCUT2D eigenvalue weighted by Crippen LogP contribution is -2.15. The maximum Gasteiger partial charge on any atom is 0.508 e. The van der Waals surface area contributed by atoms with E-state index in [0.717, 1.165) is 0 Å². The fourth-order valence-electron chi connectivity index (χ4n) is 0.923. The molecule has 0 fully saturated rings. The Labute approximate surface area is 114 Å². The van der Waals surface area contributed by atoms with Crippen molar-refractivity contribution >= 4 is 12.3 Å². The Kier molecular flexibility index (Phi) is 9.66. The van der Waals surface area contributed by atoms with Crippen molar-refractivity contribution in [3.05, 3.63) is 0 Å². The van der Waals surface area contributed by atoms with Gasteiger partial charge < -0.3 is 18.9 Å². The zero-order valence-corrected chi connectivity index (χ0v) is 12.1. The lowest BCUT2D eigenvalue weighted by Gasteiger charge is -2.09. The van der Waals surface area contributed by atoms with Crippen LogP contribution in [0, 0.1) is 11.8 Å². The van der Waals surface area contributed by atoms with E-state index < -0.39 is 12.3 Å². The topological polar surface area (TPSA) is 71.1 Å². The molecular weight excluding hydrogens is 252 g/mol. The smallest absolute Gasteiger partial charge is 0.434 e. The first-order chi connectivity index (χ1) is 8.91. The first kappa shape index (κ1) is 17.5. The average molecular weight is 276 g/mol. The summed E-state index contributed by atoms with van der Waals surface area (Å²) in [5.74, 6) is 0.540. The lowest BCUT2D eigenvalue weighted by atomic mass is 10.2. The van der Waals surface area contributed by atoms with Crippen molar-refractivity contribution in [2.45, 2.75) is 34.1 Å². The van der Waals surface area contributed by atoms with Crippen LogP contribution < -0.4 is 0 Å². The first-order valence-electron chi connectivity index (χ1n) is 6.51. The van der Waals surface area contributed by atoms with Crippen molar-refractivity contribution in [3.8, 4) is 0 Å². The minimum absolute atomic E-state index is 0.147. The molecule has 6 heteroatoms. The molecule has 0 heterocycles. The summed E-state index contributed by atoms with van der Waals surface area (Å²) in [6, 6.07) is 0. The monoisotopic (exact) mass is 276 g/mol. The molecule has 0 amide bonds. The molecule has 0 N–H and O–H groups in total. The maximum absolute atomic E-state index is 11.0. The molecule has 0 saturated heterocycles. The van der Waals surface area contributed by atoms with Gasteiger partial charge in [0.25, 0.3) is 0 Å². The summed E-state index contributed by atoms with van der Waals surface area (Å²) >= 11 is 0. The van der Waals surface area contributed by atoms with E-state index in [1.807, 2.05) is 27.7 Å². The fraction of sp³-hybridized carbons (Fsp3) is 0.846. The Balaban J connectivity index is 3.39. The summed E-state index contributed by atoms with van der Waals surface area (Å²) in [5.41, 5.74) is 0. The van der Waals surface area contributed by atoms with Gasteiger partial charge in [0.1, 0.15) is 0 Å². The second-order valence-electron chi connectivity index (χ2n) is 4.96. The fourth-order valence-corrected chi connectivity index (χ4v) is 0.923. The first-order valence-corrected chi connectivity index (χ1v) is 6.51. The molecule has 0 spiro atoms. The van der Waals surface area contributed by atoms with Gasteiger partial charge in [-0.15, -0.1) is 0 Å². The number of carbonyl (C=O) groups is 2. The highest BCUT2D eigenvalue weighted by Crippen LogP contribution is 1.97. The van der Waals surface area contributed by atoms with Crippen molar-refractivity contribution in [1.82, 2.24) is 0 Å². The van der Waals surface area contributed by atoms with Gasteiger partial charge in [-0.25, -0.2) is 9.59 Å². The summed E-state index contributed by atoms with van der Waals surface area (Å²) in [6.07, 6.45) is -0.986. The molecule has 0 aromatic carbocycles. The molecule has 0 bridgehead atoms. The van der Waals surface area contributed by atoms with Crippen LogP contribution in [0.3, 0.4) is 0 Å². The summed E-state index contributed by atoms with van der Waals surface area (Å²) in [5, 5.41) is 0. The van der Waals surface area contributed by atoms with Gasteiger partial charge in [-0.3, -0.25) is 0 Å². The number of rotatable bonds is 8. The Morgan fingerprint density at radius 3 is 1.42 bits per heavy atom. The molecule has 0 aliphatic rings. The lowest BCUT2D eigenvalue weighted by molar-refractivity contribution is 0.0303.